The lowest BCUT2D eigenvalue weighted by atomic mass is 10.1. The first-order valence-corrected chi connectivity index (χ1v) is 10.8. The first kappa shape index (κ1) is 24.2. The number of nitrogens with one attached hydrogen (secondary N) is 2. The second-order valence-corrected chi connectivity index (χ2v) is 8.21. The average Bonchev–Trinajstić information content (AvgIpc) is 3.24. The van der Waals surface area contributed by atoms with E-state index in [0.29, 0.717) is 0 Å². The fourth-order valence-electron chi connectivity index (χ4n) is 3.17. The Hall–Kier alpha value is -2.43. The molecule has 2 aromatic heterocycles. The Labute approximate surface area is 178 Å². The molecule has 1 saturated heterocycles. The van der Waals surface area contributed by atoms with E-state index >= 15 is 0 Å². The number of phosphoric ester groups is 1. The quantitative estimate of drug-likeness (QED) is 0.164. The summed E-state index contributed by atoms with van der Waals surface area (Å²) in [6, 6.07) is -1.16. The highest BCUT2D eigenvalue weighted by atomic mass is 31.2. The number of aliphatic hydroxyl groups excluding tert-OH is 3. The van der Waals surface area contributed by atoms with Crippen molar-refractivity contribution in [3.8, 4) is 0 Å². The van der Waals surface area contributed by atoms with Crippen LogP contribution in [0.3, 0.4) is 0 Å². The number of aliphatic hydroxyl groups is 3. The zero-order valence-corrected chi connectivity index (χ0v) is 17.2. The number of H-pyrrole nitrogens is 1. The highest BCUT2D eigenvalue weighted by molar-refractivity contribution is 7.46. The molecule has 1 unspecified atom stereocenters. The number of fused-ring (bicyclic) bond motifs is 1. The second kappa shape index (κ2) is 9.60. The third kappa shape index (κ3) is 5.31. The molecule has 17 heteroatoms. The molecule has 8 N–H and O–H groups in total. The van der Waals surface area contributed by atoms with Gasteiger partial charge in [-0.05, 0) is 12.8 Å². The molecule has 3 heterocycles. The van der Waals surface area contributed by atoms with E-state index in [1.807, 2.05) is 0 Å². The third-order valence-corrected chi connectivity index (χ3v) is 5.20. The molecule has 1 fully saturated rings. The van der Waals surface area contributed by atoms with Crippen LogP contribution in [0.1, 0.15) is 19.1 Å². The minimum Gasteiger partial charge on any atom is -0.480 e. The van der Waals surface area contributed by atoms with Crippen molar-refractivity contribution in [3.63, 3.8) is 0 Å². The molecule has 1 aliphatic rings. The summed E-state index contributed by atoms with van der Waals surface area (Å²) in [6.45, 7) is -0.953. The van der Waals surface area contributed by atoms with Gasteiger partial charge in [-0.15, -0.1) is 0 Å². The minimum absolute atomic E-state index is 0.0464. The van der Waals surface area contributed by atoms with Gasteiger partial charge in [-0.2, -0.15) is 4.98 Å². The largest absolute Gasteiger partial charge is 0.480 e. The Balaban J connectivity index is 1.88. The van der Waals surface area contributed by atoms with Crippen molar-refractivity contribution in [3.05, 3.63) is 16.7 Å². The molecule has 2 aromatic rings. The Morgan fingerprint density at radius 2 is 2.09 bits per heavy atom. The van der Waals surface area contributed by atoms with E-state index in [1.165, 1.54) is 0 Å². The van der Waals surface area contributed by atoms with Crippen LogP contribution in [-0.4, -0.2) is 93.3 Å². The van der Waals surface area contributed by atoms with Crippen molar-refractivity contribution in [2.75, 3.05) is 18.5 Å². The highest BCUT2D eigenvalue weighted by Crippen LogP contribution is 2.38. The van der Waals surface area contributed by atoms with Crippen molar-refractivity contribution in [1.29, 1.82) is 0 Å². The van der Waals surface area contributed by atoms with Crippen molar-refractivity contribution in [2.45, 2.75) is 43.4 Å². The zero-order chi connectivity index (χ0) is 23.6. The van der Waals surface area contributed by atoms with Crippen LogP contribution in [0.25, 0.3) is 11.2 Å². The first-order chi connectivity index (χ1) is 15.0. The molecule has 16 nitrogen and oxygen atoms in total. The summed E-state index contributed by atoms with van der Waals surface area (Å²) < 4.78 is 21.8. The number of nitrogens with zero attached hydrogens (tertiary/aromatic N) is 3. The summed E-state index contributed by atoms with van der Waals surface area (Å²) in [6.07, 6.45) is -4.49. The van der Waals surface area contributed by atoms with Crippen LogP contribution in [0, 0.1) is 0 Å². The summed E-state index contributed by atoms with van der Waals surface area (Å²) >= 11 is 0. The molecule has 0 saturated carbocycles. The van der Waals surface area contributed by atoms with Gasteiger partial charge in [-0.3, -0.25) is 18.9 Å². The van der Waals surface area contributed by atoms with Crippen molar-refractivity contribution < 1.29 is 48.8 Å². The second-order valence-electron chi connectivity index (χ2n) is 6.97. The molecule has 0 spiro atoms. The number of phosphoric acid groups is 1. The Kier molecular flexibility index (Phi) is 7.26. The lowest BCUT2D eigenvalue weighted by Gasteiger charge is -2.17. The van der Waals surface area contributed by atoms with E-state index in [9.17, 15) is 29.5 Å². The number of carboxylic acid groups (broad SMARTS) is 1. The molecule has 0 amide bonds. The number of carboxylic acids is 1. The first-order valence-electron chi connectivity index (χ1n) is 9.30. The third-order valence-electron chi connectivity index (χ3n) is 4.71. The maximum Gasteiger partial charge on any atom is 0.469 e. The molecule has 1 aliphatic heterocycles. The minimum atomic E-state index is -4.85. The number of hydrogen-bond donors (Lipinski definition) is 8. The number of hydrogen-bond acceptors (Lipinski definition) is 11. The van der Waals surface area contributed by atoms with Gasteiger partial charge >= 0.3 is 13.8 Å². The van der Waals surface area contributed by atoms with E-state index < -0.39 is 56.5 Å². The van der Waals surface area contributed by atoms with Gasteiger partial charge in [-0.1, -0.05) is 0 Å². The zero-order valence-electron chi connectivity index (χ0n) is 16.3. The lowest BCUT2D eigenvalue weighted by Crippen LogP contribution is -2.33. The van der Waals surface area contributed by atoms with E-state index in [2.05, 4.69) is 24.8 Å². The molecular weight excluding hydrogens is 457 g/mol. The monoisotopic (exact) mass is 479 g/mol. The number of aromatic amines is 1. The Morgan fingerprint density at radius 3 is 2.72 bits per heavy atom. The predicted octanol–water partition coefficient (Wildman–Crippen LogP) is -2.51. The van der Waals surface area contributed by atoms with E-state index in [4.69, 9.17) is 19.6 Å². The van der Waals surface area contributed by atoms with Gasteiger partial charge in [0.25, 0.3) is 5.56 Å². The topological polar surface area (TPSA) is 250 Å². The van der Waals surface area contributed by atoms with E-state index in [1.54, 1.807) is 0 Å². The van der Waals surface area contributed by atoms with Crippen LogP contribution in [0.4, 0.5) is 5.95 Å². The van der Waals surface area contributed by atoms with Crippen molar-refractivity contribution in [2.24, 2.45) is 0 Å². The molecule has 3 rings (SSSR count). The summed E-state index contributed by atoms with van der Waals surface area (Å²) in [5.74, 6) is -1.45. The Bertz CT molecular complexity index is 1070. The number of aliphatic carboxylic acids is 1. The Morgan fingerprint density at radius 1 is 1.38 bits per heavy atom. The molecule has 0 bridgehead atoms. The van der Waals surface area contributed by atoms with Crippen molar-refractivity contribution in [1.82, 2.24) is 19.5 Å². The molecule has 0 aliphatic carbocycles. The smallest absolute Gasteiger partial charge is 0.469 e. The molecule has 32 heavy (non-hydrogen) atoms. The van der Waals surface area contributed by atoms with Crippen LogP contribution in [-0.2, 0) is 18.6 Å². The fraction of sp³-hybridized carbons (Fsp3) is 0.600. The standard InChI is InChI=1S/C15H22N5O11P/c21-3-1-2-6(14(25)26)17-15-18-11-8(12(24)19-15)16-5-20(11)13-10(23)9(22)7(31-13)4-30-32(27,28)29/h5-7,9-10,13,21-23H,1-4H2,(H,25,26)(H2,27,28,29)(H2,17,18,19,24)/t6?,7-,9-,10-,13-/m1/s1. The molecule has 0 aromatic carbocycles. The molecular formula is C15H22N5O11P. The highest BCUT2D eigenvalue weighted by Gasteiger charge is 2.45. The normalized spacial score (nSPS) is 24.7. The average molecular weight is 479 g/mol. The number of aromatic nitrogens is 4. The van der Waals surface area contributed by atoms with Crippen LogP contribution >= 0.6 is 7.82 Å². The van der Waals surface area contributed by atoms with E-state index in [0.717, 1.165) is 10.9 Å². The van der Waals surface area contributed by atoms with Gasteiger partial charge in [0.1, 0.15) is 24.4 Å². The molecule has 0 radical (unpaired) electrons. The van der Waals surface area contributed by atoms with Gasteiger partial charge in [0.2, 0.25) is 5.95 Å². The predicted molar refractivity (Wildman–Crippen MR) is 103 cm³/mol. The van der Waals surface area contributed by atoms with Crippen LogP contribution in [0.2, 0.25) is 0 Å². The number of ether oxygens (including phenoxy) is 1. The van der Waals surface area contributed by atoms with Gasteiger partial charge in [0, 0.05) is 6.61 Å². The summed E-state index contributed by atoms with van der Waals surface area (Å²) in [4.78, 5) is 51.7. The SMILES string of the molecule is O=C(O)C(CCCO)Nc1nc2c(ncn2[C@@H]2O[C@H](COP(=O)(O)O)[C@@H](O)[C@H]2O)c(=O)[nH]1. The number of carbonyl (C=O) groups is 1. The number of imidazole rings is 1. The number of rotatable bonds is 10. The lowest BCUT2D eigenvalue weighted by molar-refractivity contribution is -0.138. The van der Waals surface area contributed by atoms with Gasteiger partial charge in [0.05, 0.1) is 12.9 Å². The summed E-state index contributed by atoms with van der Waals surface area (Å²) in [5, 5.41) is 41.2. The number of anilines is 1. The summed E-state index contributed by atoms with van der Waals surface area (Å²) in [7, 11) is -4.85. The van der Waals surface area contributed by atoms with Gasteiger partial charge in [-0.25, -0.2) is 14.3 Å². The summed E-state index contributed by atoms with van der Waals surface area (Å²) in [5.41, 5.74) is -1.01. The maximum absolute atomic E-state index is 12.4. The van der Waals surface area contributed by atoms with Crippen LogP contribution in [0.15, 0.2) is 11.1 Å². The van der Waals surface area contributed by atoms with Crippen LogP contribution < -0.4 is 10.9 Å². The van der Waals surface area contributed by atoms with Crippen molar-refractivity contribution >= 4 is 30.9 Å². The molecule has 178 valence electrons. The van der Waals surface area contributed by atoms with Gasteiger partial charge in [0.15, 0.2) is 17.4 Å². The van der Waals surface area contributed by atoms with Crippen LogP contribution in [0.5, 0.6) is 0 Å². The fourth-order valence-corrected chi connectivity index (χ4v) is 3.51. The maximum atomic E-state index is 12.4. The van der Waals surface area contributed by atoms with Gasteiger partial charge < -0.3 is 40.3 Å². The molecule has 5 atom stereocenters. The van der Waals surface area contributed by atoms with E-state index in [-0.39, 0.29) is 36.6 Å².